The lowest BCUT2D eigenvalue weighted by atomic mass is 9.87. The van der Waals surface area contributed by atoms with E-state index >= 15 is 0 Å². The number of hydrogen-bond donors (Lipinski definition) is 4. The molecule has 2 aliphatic heterocycles. The van der Waals surface area contributed by atoms with Crippen molar-refractivity contribution in [3.05, 3.63) is 11.6 Å². The second-order valence-electron chi connectivity index (χ2n) is 12.4. The van der Waals surface area contributed by atoms with Gasteiger partial charge in [-0.05, 0) is 57.8 Å². The predicted molar refractivity (Wildman–Crippen MR) is 157 cm³/mol. The Kier molecular flexibility index (Phi) is 14.2. The number of aliphatic hydroxyl groups is 3. The summed E-state index contributed by atoms with van der Waals surface area (Å²) in [5.41, 5.74) is 1.50. The number of esters is 1. The highest BCUT2D eigenvalue weighted by Crippen LogP contribution is 2.28. The first kappa shape index (κ1) is 36.0. The molecule has 0 saturated carbocycles. The summed E-state index contributed by atoms with van der Waals surface area (Å²) in [6.07, 6.45) is 4.50. The molecule has 42 heavy (non-hydrogen) atoms. The van der Waals surface area contributed by atoms with Gasteiger partial charge in [-0.15, -0.1) is 0 Å². The van der Waals surface area contributed by atoms with E-state index in [9.17, 15) is 29.7 Å². The molecular weight excluding hydrogens is 544 g/mol. The Bertz CT molecular complexity index is 966. The molecule has 0 unspecified atom stereocenters. The summed E-state index contributed by atoms with van der Waals surface area (Å²) in [4.78, 5) is 40.5. The molecule has 7 atom stereocenters. The summed E-state index contributed by atoms with van der Waals surface area (Å²) in [5, 5.41) is 40.7. The molecule has 0 radical (unpaired) electrons. The zero-order valence-corrected chi connectivity index (χ0v) is 26.1. The number of aliphatic hydroxyl groups excluding tert-OH is 1. The van der Waals surface area contributed by atoms with Crippen molar-refractivity contribution in [3.63, 3.8) is 0 Å². The lowest BCUT2D eigenvalue weighted by Crippen LogP contribution is -2.58. The molecule has 0 bridgehead atoms. The predicted octanol–water partition coefficient (Wildman–Crippen LogP) is 2.78. The highest BCUT2D eigenvalue weighted by atomic mass is 16.5. The van der Waals surface area contributed by atoms with Gasteiger partial charge in [-0.1, -0.05) is 32.4 Å². The molecule has 4 N–H and O–H groups in total. The molecule has 0 spiro atoms. The van der Waals surface area contributed by atoms with Gasteiger partial charge in [-0.25, -0.2) is 4.79 Å². The second kappa shape index (κ2) is 16.6. The first-order valence-corrected chi connectivity index (χ1v) is 15.1. The molecule has 0 aliphatic carbocycles. The van der Waals surface area contributed by atoms with E-state index in [2.05, 4.69) is 6.92 Å². The third-order valence-electron chi connectivity index (χ3n) is 8.69. The average Bonchev–Trinajstić information content (AvgIpc) is 2.96. The Morgan fingerprint density at radius 1 is 1.00 bits per heavy atom. The van der Waals surface area contributed by atoms with Crippen LogP contribution in [0.1, 0.15) is 85.5 Å². The summed E-state index contributed by atoms with van der Waals surface area (Å²) in [7, 11) is 3.12. The maximum absolute atomic E-state index is 13.3. The fourth-order valence-electron chi connectivity index (χ4n) is 5.78. The van der Waals surface area contributed by atoms with E-state index < -0.39 is 53.5 Å². The Hall–Kier alpha value is -2.18. The van der Waals surface area contributed by atoms with Gasteiger partial charge in [0, 0.05) is 51.2 Å². The number of cyclic esters (lactones) is 1. The largest absolute Gasteiger partial charge is 0.464 e. The van der Waals surface area contributed by atoms with Gasteiger partial charge in [0.2, 0.25) is 5.79 Å². The fourth-order valence-corrected chi connectivity index (χ4v) is 5.78. The third-order valence-corrected chi connectivity index (χ3v) is 8.69. The zero-order chi connectivity index (χ0) is 31.6. The van der Waals surface area contributed by atoms with E-state index in [0.29, 0.717) is 31.4 Å². The van der Waals surface area contributed by atoms with Gasteiger partial charge in [-0.2, -0.15) is 0 Å². The van der Waals surface area contributed by atoms with Crippen molar-refractivity contribution in [3.8, 4) is 0 Å². The Labute approximate surface area is 250 Å². The van der Waals surface area contributed by atoms with Crippen LogP contribution < -0.4 is 0 Å². The molecule has 2 aliphatic rings. The number of ketones is 1. The first-order chi connectivity index (χ1) is 19.7. The van der Waals surface area contributed by atoms with E-state index in [4.69, 9.17) is 19.6 Å². The fraction of sp³-hybridized carbons (Fsp3) is 0.806. The summed E-state index contributed by atoms with van der Waals surface area (Å²) in [5.74, 6) is -7.47. The van der Waals surface area contributed by atoms with Crippen LogP contribution in [-0.2, 0) is 28.6 Å². The number of nitrogens with zero attached hydrogens (tertiary/aromatic N) is 1. The molecule has 0 aromatic rings. The number of amides is 1. The lowest BCUT2D eigenvalue weighted by molar-refractivity contribution is -0.208. The van der Waals surface area contributed by atoms with Crippen molar-refractivity contribution in [1.29, 1.82) is 5.41 Å². The van der Waals surface area contributed by atoms with E-state index in [1.807, 2.05) is 13.0 Å². The van der Waals surface area contributed by atoms with Gasteiger partial charge < -0.3 is 39.8 Å². The van der Waals surface area contributed by atoms with Crippen LogP contribution in [0.2, 0.25) is 0 Å². The maximum Gasteiger partial charge on any atom is 0.328 e. The van der Waals surface area contributed by atoms with Crippen molar-refractivity contribution in [2.45, 2.75) is 116 Å². The van der Waals surface area contributed by atoms with Crippen LogP contribution in [0.4, 0.5) is 0 Å². The van der Waals surface area contributed by atoms with Crippen molar-refractivity contribution in [1.82, 2.24) is 4.90 Å². The zero-order valence-electron chi connectivity index (χ0n) is 26.1. The normalized spacial score (nSPS) is 35.1. The maximum atomic E-state index is 13.3. The molecule has 11 nitrogen and oxygen atoms in total. The number of rotatable bonds is 2. The van der Waals surface area contributed by atoms with Crippen LogP contribution in [-0.4, -0.2) is 101 Å². The van der Waals surface area contributed by atoms with E-state index in [0.717, 1.165) is 23.3 Å². The minimum atomic E-state index is -2.96. The van der Waals surface area contributed by atoms with Crippen LogP contribution >= 0.6 is 0 Å². The monoisotopic (exact) mass is 596 g/mol. The Balaban J connectivity index is 2.33. The summed E-state index contributed by atoms with van der Waals surface area (Å²) >= 11 is 0. The van der Waals surface area contributed by atoms with Crippen LogP contribution in [0.3, 0.4) is 0 Å². The molecule has 240 valence electrons. The molecule has 1 fully saturated rings. The number of ether oxygens (including phenoxy) is 3. The standard InChI is InChI=1S/C31H52N2O9/c1-19-10-11-23(32)16-27(34)21(3)18-42-30(37)26-9-7-8-12-33(26)29(36)28(35)31(38,39)22(4)15-25(41-6)17-24(40-5)14-20(2)13-19/h10,20-22,24-27,32,34,38-39H,7-9,11-18H2,1-6H3/b19-10+,32-23?/t20-,21-,22+,24-,25-,26-,27-/m0/s1. The summed E-state index contributed by atoms with van der Waals surface area (Å²) in [6, 6.07) is -1.05. The second-order valence-corrected chi connectivity index (χ2v) is 12.4. The van der Waals surface area contributed by atoms with E-state index in [-0.39, 0.29) is 44.4 Å². The van der Waals surface area contributed by atoms with Gasteiger partial charge >= 0.3 is 5.97 Å². The minimum absolute atomic E-state index is 0.0868. The number of piperidine rings is 1. The van der Waals surface area contributed by atoms with Crippen LogP contribution in [0.25, 0.3) is 0 Å². The Morgan fingerprint density at radius 2 is 1.64 bits per heavy atom. The molecule has 2 rings (SSSR count). The van der Waals surface area contributed by atoms with E-state index in [1.54, 1.807) is 14.0 Å². The molecule has 2 heterocycles. The van der Waals surface area contributed by atoms with E-state index in [1.165, 1.54) is 14.0 Å². The lowest BCUT2D eigenvalue weighted by Gasteiger charge is -2.36. The molecular formula is C31H52N2O9. The number of hydrogen-bond acceptors (Lipinski definition) is 10. The van der Waals surface area contributed by atoms with Crippen molar-refractivity contribution in [2.24, 2.45) is 17.8 Å². The SMILES string of the molecule is CO[C@@H]1C[C@@H](OC)C[C@@H](C)C/C(C)=C/CC(=N)C[C@H](O)[C@@H](C)COC(=O)[C@@H]2CCCCN2C(=O)C(=O)C(O)(O)[C@H](C)C1. The number of carbonyl (C=O) groups excluding carboxylic acids is 3. The Morgan fingerprint density at radius 3 is 2.29 bits per heavy atom. The molecule has 0 aromatic heterocycles. The summed E-state index contributed by atoms with van der Waals surface area (Å²) < 4.78 is 16.8. The highest BCUT2D eigenvalue weighted by Gasteiger charge is 2.48. The van der Waals surface area contributed by atoms with Gasteiger partial charge in [0.25, 0.3) is 11.7 Å². The number of Topliss-reactive ketones (excluding diaryl/α,β-unsaturated/α-hetero) is 1. The molecule has 1 amide bonds. The number of nitrogens with one attached hydrogen (secondary N) is 1. The van der Waals surface area contributed by atoms with Gasteiger partial charge in [0.05, 0.1) is 24.9 Å². The molecule has 0 aromatic carbocycles. The number of methoxy groups -OCH3 is 2. The number of allylic oxidation sites excluding steroid dienone is 2. The van der Waals surface area contributed by atoms with Crippen LogP contribution in [0, 0.1) is 23.2 Å². The van der Waals surface area contributed by atoms with Gasteiger partial charge in [0.15, 0.2) is 0 Å². The minimum Gasteiger partial charge on any atom is -0.464 e. The van der Waals surface area contributed by atoms with Crippen LogP contribution in [0.5, 0.6) is 0 Å². The topological polar surface area (TPSA) is 167 Å². The number of fused-ring (bicyclic) bond motifs is 1. The average molecular weight is 597 g/mol. The molecule has 1 saturated heterocycles. The highest BCUT2D eigenvalue weighted by molar-refractivity contribution is 6.39. The van der Waals surface area contributed by atoms with Crippen molar-refractivity contribution >= 4 is 23.4 Å². The van der Waals surface area contributed by atoms with Crippen LogP contribution in [0.15, 0.2) is 11.6 Å². The smallest absolute Gasteiger partial charge is 0.328 e. The number of carbonyl (C=O) groups is 3. The van der Waals surface area contributed by atoms with Crippen molar-refractivity contribution < 1.29 is 43.9 Å². The third kappa shape index (κ3) is 10.2. The molecule has 11 heteroatoms. The van der Waals surface area contributed by atoms with Gasteiger partial charge in [-0.3, -0.25) is 9.59 Å². The first-order valence-electron chi connectivity index (χ1n) is 15.1. The van der Waals surface area contributed by atoms with Gasteiger partial charge in [0.1, 0.15) is 6.04 Å². The quantitative estimate of drug-likeness (QED) is 0.162. The van der Waals surface area contributed by atoms with Crippen molar-refractivity contribution in [2.75, 3.05) is 27.4 Å². The summed E-state index contributed by atoms with van der Waals surface area (Å²) in [6.45, 7) is 7.30.